The molecule has 7 heteroatoms. The molecule has 0 bridgehead atoms. The highest BCUT2D eigenvalue weighted by Gasteiger charge is 2.24. The standard InChI is InChI=1S/C21H29N5OS/c1-15-12-18(28-14-15)20(27)26-10-8-25(9-11-26)19-13-16(2)22-21(24-19)23-17-6-4-3-5-7-17/h12-14,17H,3-11H2,1-2H3,(H,22,23,24). The van der Waals surface area contributed by atoms with Gasteiger partial charge in [-0.25, -0.2) is 4.98 Å². The fourth-order valence-corrected chi connectivity index (χ4v) is 4.91. The summed E-state index contributed by atoms with van der Waals surface area (Å²) < 4.78 is 0. The molecule has 28 heavy (non-hydrogen) atoms. The fraction of sp³-hybridized carbons (Fsp3) is 0.571. The Bertz CT molecular complexity index is 822. The monoisotopic (exact) mass is 399 g/mol. The Morgan fingerprint density at radius 1 is 1.07 bits per heavy atom. The number of nitrogens with zero attached hydrogens (tertiary/aromatic N) is 4. The smallest absolute Gasteiger partial charge is 0.264 e. The number of piperazine rings is 1. The maximum absolute atomic E-state index is 12.7. The van der Waals surface area contributed by atoms with E-state index in [-0.39, 0.29) is 5.91 Å². The van der Waals surface area contributed by atoms with E-state index in [0.717, 1.165) is 54.1 Å². The number of rotatable bonds is 4. The lowest BCUT2D eigenvalue weighted by molar-refractivity contribution is 0.0751. The van der Waals surface area contributed by atoms with E-state index in [1.165, 1.54) is 43.4 Å². The third-order valence-corrected chi connectivity index (χ3v) is 6.65. The van der Waals surface area contributed by atoms with Crippen molar-refractivity contribution < 1.29 is 4.79 Å². The SMILES string of the molecule is Cc1csc(C(=O)N2CCN(c3cc(C)nc(NC4CCCCC4)n3)CC2)c1. The summed E-state index contributed by atoms with van der Waals surface area (Å²) in [5, 5.41) is 5.58. The number of carbonyl (C=O) groups is 1. The first-order valence-electron chi connectivity index (χ1n) is 10.3. The molecule has 1 saturated carbocycles. The van der Waals surface area contributed by atoms with Crippen molar-refractivity contribution >= 4 is 29.0 Å². The molecule has 1 aliphatic carbocycles. The number of thiophene rings is 1. The second-order valence-electron chi connectivity index (χ2n) is 7.94. The van der Waals surface area contributed by atoms with Crippen molar-refractivity contribution in [1.82, 2.24) is 14.9 Å². The van der Waals surface area contributed by atoms with Crippen LogP contribution >= 0.6 is 11.3 Å². The third-order valence-electron chi connectivity index (χ3n) is 5.61. The van der Waals surface area contributed by atoms with Crippen molar-refractivity contribution in [2.24, 2.45) is 0 Å². The number of anilines is 2. The topological polar surface area (TPSA) is 61.4 Å². The van der Waals surface area contributed by atoms with E-state index >= 15 is 0 Å². The predicted octanol–water partition coefficient (Wildman–Crippen LogP) is 3.86. The van der Waals surface area contributed by atoms with Gasteiger partial charge in [-0.15, -0.1) is 11.3 Å². The molecule has 6 nitrogen and oxygen atoms in total. The van der Waals surface area contributed by atoms with E-state index in [2.05, 4.69) is 15.2 Å². The van der Waals surface area contributed by atoms with E-state index < -0.39 is 0 Å². The first-order chi connectivity index (χ1) is 13.6. The van der Waals surface area contributed by atoms with Gasteiger partial charge >= 0.3 is 0 Å². The van der Waals surface area contributed by atoms with Crippen LogP contribution in [0.15, 0.2) is 17.5 Å². The lowest BCUT2D eigenvalue weighted by atomic mass is 9.96. The molecule has 0 spiro atoms. The number of nitrogens with one attached hydrogen (secondary N) is 1. The van der Waals surface area contributed by atoms with E-state index in [4.69, 9.17) is 4.98 Å². The zero-order valence-electron chi connectivity index (χ0n) is 16.8. The van der Waals surface area contributed by atoms with Gasteiger partial charge in [0.2, 0.25) is 5.95 Å². The Balaban J connectivity index is 1.39. The Labute approximate surface area is 171 Å². The number of carbonyl (C=O) groups excluding carboxylic acids is 1. The number of aryl methyl sites for hydroxylation is 2. The van der Waals surface area contributed by atoms with Crippen molar-refractivity contribution in [1.29, 1.82) is 0 Å². The van der Waals surface area contributed by atoms with Crippen LogP contribution in [0, 0.1) is 13.8 Å². The molecule has 1 aliphatic heterocycles. The van der Waals surface area contributed by atoms with Gasteiger partial charge in [-0.1, -0.05) is 19.3 Å². The van der Waals surface area contributed by atoms with Crippen molar-refractivity contribution in [3.8, 4) is 0 Å². The second-order valence-corrected chi connectivity index (χ2v) is 8.85. The number of hydrogen-bond donors (Lipinski definition) is 1. The molecule has 2 fully saturated rings. The highest BCUT2D eigenvalue weighted by molar-refractivity contribution is 7.12. The highest BCUT2D eigenvalue weighted by Crippen LogP contribution is 2.23. The van der Waals surface area contributed by atoms with Crippen LogP contribution in [-0.4, -0.2) is 53.0 Å². The van der Waals surface area contributed by atoms with Crippen LogP contribution in [0.25, 0.3) is 0 Å². The van der Waals surface area contributed by atoms with E-state index in [1.54, 1.807) is 0 Å². The molecular formula is C21H29N5OS. The largest absolute Gasteiger partial charge is 0.353 e. The first-order valence-corrected chi connectivity index (χ1v) is 11.2. The summed E-state index contributed by atoms with van der Waals surface area (Å²) >= 11 is 1.54. The molecule has 3 heterocycles. The molecule has 2 aliphatic rings. The van der Waals surface area contributed by atoms with Gasteiger partial charge < -0.3 is 15.1 Å². The highest BCUT2D eigenvalue weighted by atomic mass is 32.1. The molecule has 150 valence electrons. The van der Waals surface area contributed by atoms with Crippen molar-refractivity contribution in [3.63, 3.8) is 0 Å². The van der Waals surface area contributed by atoms with Gasteiger partial charge in [0.1, 0.15) is 5.82 Å². The van der Waals surface area contributed by atoms with Gasteiger partial charge in [-0.2, -0.15) is 4.98 Å². The number of aromatic nitrogens is 2. The Kier molecular flexibility index (Phi) is 5.80. The summed E-state index contributed by atoms with van der Waals surface area (Å²) in [4.78, 5) is 27.1. The normalized spacial score (nSPS) is 18.4. The zero-order chi connectivity index (χ0) is 19.5. The van der Waals surface area contributed by atoms with Crippen LogP contribution < -0.4 is 10.2 Å². The molecule has 4 rings (SSSR count). The van der Waals surface area contributed by atoms with Crippen LogP contribution in [0.3, 0.4) is 0 Å². The first kappa shape index (κ1) is 19.2. The summed E-state index contributed by atoms with van der Waals surface area (Å²) in [5.41, 5.74) is 2.14. The van der Waals surface area contributed by atoms with Crippen molar-refractivity contribution in [3.05, 3.63) is 33.6 Å². The molecule has 2 aromatic heterocycles. The molecule has 1 saturated heterocycles. The summed E-state index contributed by atoms with van der Waals surface area (Å²) in [5.74, 6) is 1.86. The van der Waals surface area contributed by atoms with E-state index in [1.807, 2.05) is 36.3 Å². The van der Waals surface area contributed by atoms with Crippen LogP contribution in [0.5, 0.6) is 0 Å². The lowest BCUT2D eigenvalue weighted by Crippen LogP contribution is -2.49. The Hall–Kier alpha value is -2.15. The van der Waals surface area contributed by atoms with Crippen LogP contribution in [0.1, 0.15) is 53.0 Å². The quantitative estimate of drug-likeness (QED) is 0.846. The minimum Gasteiger partial charge on any atom is -0.353 e. The predicted molar refractivity (Wildman–Crippen MR) is 114 cm³/mol. The molecule has 0 unspecified atom stereocenters. The average Bonchev–Trinajstić information content (AvgIpc) is 3.14. The number of hydrogen-bond acceptors (Lipinski definition) is 6. The van der Waals surface area contributed by atoms with Gasteiger partial charge in [-0.05, 0) is 43.7 Å². The fourth-order valence-electron chi connectivity index (χ4n) is 4.05. The third kappa shape index (κ3) is 4.46. The molecule has 1 N–H and O–H groups in total. The average molecular weight is 400 g/mol. The van der Waals surface area contributed by atoms with Gasteiger partial charge in [-0.3, -0.25) is 4.79 Å². The Morgan fingerprint density at radius 2 is 1.82 bits per heavy atom. The van der Waals surface area contributed by atoms with Gasteiger partial charge in [0.05, 0.1) is 4.88 Å². The summed E-state index contributed by atoms with van der Waals surface area (Å²) in [6.07, 6.45) is 6.32. The zero-order valence-corrected chi connectivity index (χ0v) is 17.6. The van der Waals surface area contributed by atoms with Crippen LogP contribution in [-0.2, 0) is 0 Å². The summed E-state index contributed by atoms with van der Waals surface area (Å²) in [6.45, 7) is 7.11. The maximum Gasteiger partial charge on any atom is 0.264 e. The summed E-state index contributed by atoms with van der Waals surface area (Å²) in [7, 11) is 0. The van der Waals surface area contributed by atoms with Gasteiger partial charge in [0.15, 0.2) is 0 Å². The second kappa shape index (κ2) is 8.47. The van der Waals surface area contributed by atoms with Crippen LogP contribution in [0.2, 0.25) is 0 Å². The minimum absolute atomic E-state index is 0.149. The molecule has 0 atom stereocenters. The Morgan fingerprint density at radius 3 is 2.50 bits per heavy atom. The van der Waals surface area contributed by atoms with Gasteiger partial charge in [0, 0.05) is 44.0 Å². The number of amides is 1. The minimum atomic E-state index is 0.149. The molecule has 1 amide bonds. The maximum atomic E-state index is 12.7. The molecule has 0 radical (unpaired) electrons. The van der Waals surface area contributed by atoms with E-state index in [9.17, 15) is 4.79 Å². The van der Waals surface area contributed by atoms with Gasteiger partial charge in [0.25, 0.3) is 5.91 Å². The van der Waals surface area contributed by atoms with Crippen molar-refractivity contribution in [2.45, 2.75) is 52.0 Å². The lowest BCUT2D eigenvalue weighted by Gasteiger charge is -2.35. The molecule has 0 aromatic carbocycles. The van der Waals surface area contributed by atoms with Crippen molar-refractivity contribution in [2.75, 3.05) is 36.4 Å². The van der Waals surface area contributed by atoms with Crippen LogP contribution in [0.4, 0.5) is 11.8 Å². The van der Waals surface area contributed by atoms with E-state index in [0.29, 0.717) is 6.04 Å². The molecular weight excluding hydrogens is 370 g/mol. The summed E-state index contributed by atoms with van der Waals surface area (Å²) in [6, 6.07) is 4.52. The molecule has 2 aromatic rings.